The average molecular weight is 237 g/mol. The van der Waals surface area contributed by atoms with Crippen LogP contribution in [0.15, 0.2) is 17.5 Å². The van der Waals surface area contributed by atoms with Crippen molar-refractivity contribution < 1.29 is 4.79 Å². The van der Waals surface area contributed by atoms with E-state index in [9.17, 15) is 4.79 Å². The highest BCUT2D eigenvalue weighted by atomic mass is 32.1. The minimum atomic E-state index is 0.448. The minimum absolute atomic E-state index is 0.448. The third-order valence-electron chi connectivity index (χ3n) is 3.37. The van der Waals surface area contributed by atoms with Gasteiger partial charge in [0.25, 0.3) is 0 Å². The normalized spacial score (nSPS) is 18.2. The maximum Gasteiger partial charge on any atom is 0.133 e. The molecular weight excluding hydrogens is 218 g/mol. The lowest BCUT2D eigenvalue weighted by Gasteiger charge is -2.32. The first-order valence-corrected chi connectivity index (χ1v) is 6.95. The molecule has 0 N–H and O–H groups in total. The van der Waals surface area contributed by atoms with Crippen LogP contribution in [0.1, 0.15) is 37.5 Å². The molecular formula is C13H19NOS. The highest BCUT2D eigenvalue weighted by Gasteiger charge is 2.23. The van der Waals surface area contributed by atoms with Gasteiger partial charge < -0.3 is 0 Å². The Morgan fingerprint density at radius 3 is 2.75 bits per heavy atom. The Morgan fingerprint density at radius 1 is 1.44 bits per heavy atom. The van der Waals surface area contributed by atoms with Crippen LogP contribution in [0, 0.1) is 0 Å². The number of carbonyl (C=O) groups is 1. The molecule has 0 aliphatic heterocycles. The Morgan fingerprint density at radius 2 is 2.19 bits per heavy atom. The molecule has 1 fully saturated rings. The van der Waals surface area contributed by atoms with E-state index < -0.39 is 0 Å². The molecule has 0 saturated heterocycles. The molecule has 0 amide bonds. The van der Waals surface area contributed by atoms with Crippen molar-refractivity contribution in [2.45, 2.75) is 45.2 Å². The number of rotatable bonds is 4. The van der Waals surface area contributed by atoms with Gasteiger partial charge >= 0.3 is 0 Å². The zero-order valence-corrected chi connectivity index (χ0v) is 10.6. The number of hydrogen-bond donors (Lipinski definition) is 0. The standard InChI is InChI=1S/C13H19NOS/c1-2-14(10-13-4-3-9-16-13)11-5-7-12(15)8-6-11/h3-4,9,11H,2,5-8,10H2,1H3. The number of nitrogens with zero attached hydrogens (tertiary/aromatic N) is 1. The summed E-state index contributed by atoms with van der Waals surface area (Å²) in [5.41, 5.74) is 0. The Hall–Kier alpha value is -0.670. The van der Waals surface area contributed by atoms with Crippen LogP contribution in [-0.4, -0.2) is 23.3 Å². The van der Waals surface area contributed by atoms with Crippen molar-refractivity contribution in [1.82, 2.24) is 4.90 Å². The van der Waals surface area contributed by atoms with Crippen LogP contribution in [0.25, 0.3) is 0 Å². The molecule has 0 aromatic carbocycles. The molecule has 0 unspecified atom stereocenters. The van der Waals surface area contributed by atoms with E-state index in [1.54, 1.807) is 0 Å². The zero-order chi connectivity index (χ0) is 11.4. The number of Topliss-reactive ketones (excluding diaryl/α,β-unsaturated/α-hetero) is 1. The highest BCUT2D eigenvalue weighted by Crippen LogP contribution is 2.23. The summed E-state index contributed by atoms with van der Waals surface area (Å²) in [7, 11) is 0. The van der Waals surface area contributed by atoms with Crippen molar-refractivity contribution in [2.24, 2.45) is 0 Å². The molecule has 1 aromatic heterocycles. The maximum absolute atomic E-state index is 11.2. The monoisotopic (exact) mass is 237 g/mol. The summed E-state index contributed by atoms with van der Waals surface area (Å²) in [5, 5.41) is 2.13. The smallest absolute Gasteiger partial charge is 0.133 e. The van der Waals surface area contributed by atoms with Gasteiger partial charge in [0.2, 0.25) is 0 Å². The molecule has 16 heavy (non-hydrogen) atoms. The van der Waals surface area contributed by atoms with Crippen molar-refractivity contribution >= 4 is 17.1 Å². The van der Waals surface area contributed by atoms with Crippen molar-refractivity contribution in [3.05, 3.63) is 22.4 Å². The molecule has 0 bridgehead atoms. The van der Waals surface area contributed by atoms with Crippen LogP contribution in [-0.2, 0) is 11.3 Å². The van der Waals surface area contributed by atoms with Gasteiger partial charge in [0, 0.05) is 30.3 Å². The van der Waals surface area contributed by atoms with E-state index in [0.717, 1.165) is 38.8 Å². The molecule has 1 aliphatic rings. The number of thiophene rings is 1. The largest absolute Gasteiger partial charge is 0.300 e. The van der Waals surface area contributed by atoms with Crippen LogP contribution in [0.4, 0.5) is 0 Å². The SMILES string of the molecule is CCN(Cc1cccs1)C1CCC(=O)CC1. The molecule has 88 valence electrons. The summed E-state index contributed by atoms with van der Waals surface area (Å²) < 4.78 is 0. The van der Waals surface area contributed by atoms with Gasteiger partial charge in [0.15, 0.2) is 0 Å². The fourth-order valence-electron chi connectivity index (χ4n) is 2.39. The molecule has 1 aliphatic carbocycles. The molecule has 1 aromatic rings. The Balaban J connectivity index is 1.92. The predicted molar refractivity (Wildman–Crippen MR) is 67.7 cm³/mol. The van der Waals surface area contributed by atoms with Crippen LogP contribution < -0.4 is 0 Å². The van der Waals surface area contributed by atoms with E-state index in [1.165, 1.54) is 4.88 Å². The number of hydrogen-bond acceptors (Lipinski definition) is 3. The highest BCUT2D eigenvalue weighted by molar-refractivity contribution is 7.09. The molecule has 1 heterocycles. The second-order valence-electron chi connectivity index (χ2n) is 4.41. The third-order valence-corrected chi connectivity index (χ3v) is 4.24. The van der Waals surface area contributed by atoms with Gasteiger partial charge in [-0.15, -0.1) is 11.3 Å². The predicted octanol–water partition coefficient (Wildman–Crippen LogP) is 3.08. The number of carbonyl (C=O) groups excluding carboxylic acids is 1. The van der Waals surface area contributed by atoms with Crippen LogP contribution in [0.2, 0.25) is 0 Å². The summed E-state index contributed by atoms with van der Waals surface area (Å²) >= 11 is 1.82. The van der Waals surface area contributed by atoms with Gasteiger partial charge in [-0.2, -0.15) is 0 Å². The summed E-state index contributed by atoms with van der Waals surface area (Å²) in [6, 6.07) is 4.92. The lowest BCUT2D eigenvalue weighted by molar-refractivity contribution is -0.121. The van der Waals surface area contributed by atoms with Crippen molar-refractivity contribution in [1.29, 1.82) is 0 Å². The molecule has 2 nitrogen and oxygen atoms in total. The van der Waals surface area contributed by atoms with Gasteiger partial charge in [0.1, 0.15) is 5.78 Å². The fourth-order valence-corrected chi connectivity index (χ4v) is 3.12. The number of ketones is 1. The zero-order valence-electron chi connectivity index (χ0n) is 9.82. The second kappa shape index (κ2) is 5.60. The summed E-state index contributed by atoms with van der Waals surface area (Å²) in [6.07, 6.45) is 3.67. The van der Waals surface area contributed by atoms with Crippen molar-refractivity contribution in [2.75, 3.05) is 6.54 Å². The quantitative estimate of drug-likeness (QED) is 0.802. The Bertz CT molecular complexity index is 324. The Labute approximate surface area is 101 Å². The summed E-state index contributed by atoms with van der Waals surface area (Å²) in [5.74, 6) is 0.448. The third kappa shape index (κ3) is 2.92. The van der Waals surface area contributed by atoms with E-state index in [4.69, 9.17) is 0 Å². The van der Waals surface area contributed by atoms with Crippen LogP contribution >= 0.6 is 11.3 Å². The first-order valence-electron chi connectivity index (χ1n) is 6.07. The first-order chi connectivity index (χ1) is 7.79. The van der Waals surface area contributed by atoms with Gasteiger partial charge in [0.05, 0.1) is 0 Å². The van der Waals surface area contributed by atoms with Crippen LogP contribution in [0.5, 0.6) is 0 Å². The second-order valence-corrected chi connectivity index (χ2v) is 5.44. The summed E-state index contributed by atoms with van der Waals surface area (Å²) in [6.45, 7) is 4.34. The fraction of sp³-hybridized carbons (Fsp3) is 0.615. The van der Waals surface area contributed by atoms with E-state index in [2.05, 4.69) is 29.3 Å². The van der Waals surface area contributed by atoms with E-state index >= 15 is 0 Å². The van der Waals surface area contributed by atoms with Gasteiger partial charge in [-0.3, -0.25) is 9.69 Å². The van der Waals surface area contributed by atoms with Crippen molar-refractivity contribution in [3.63, 3.8) is 0 Å². The van der Waals surface area contributed by atoms with Gasteiger partial charge in [-0.1, -0.05) is 13.0 Å². The molecule has 3 heteroatoms. The molecule has 1 saturated carbocycles. The molecule has 0 spiro atoms. The molecule has 0 radical (unpaired) electrons. The van der Waals surface area contributed by atoms with Gasteiger partial charge in [-0.25, -0.2) is 0 Å². The topological polar surface area (TPSA) is 20.3 Å². The van der Waals surface area contributed by atoms with E-state index in [1.807, 2.05) is 11.3 Å². The molecule has 0 atom stereocenters. The minimum Gasteiger partial charge on any atom is -0.300 e. The summed E-state index contributed by atoms with van der Waals surface area (Å²) in [4.78, 5) is 15.2. The lowest BCUT2D eigenvalue weighted by atomic mass is 9.93. The lowest BCUT2D eigenvalue weighted by Crippen LogP contribution is -2.37. The molecule has 2 rings (SSSR count). The van der Waals surface area contributed by atoms with Crippen molar-refractivity contribution in [3.8, 4) is 0 Å². The van der Waals surface area contributed by atoms with Crippen LogP contribution in [0.3, 0.4) is 0 Å². The van der Waals surface area contributed by atoms with E-state index in [-0.39, 0.29) is 0 Å². The Kier molecular flexibility index (Phi) is 4.13. The average Bonchev–Trinajstić information content (AvgIpc) is 2.80. The first kappa shape index (κ1) is 11.8. The maximum atomic E-state index is 11.2. The van der Waals surface area contributed by atoms with E-state index in [0.29, 0.717) is 11.8 Å². The van der Waals surface area contributed by atoms with Gasteiger partial charge in [-0.05, 0) is 30.8 Å².